The number of rotatable bonds is 10. The molecule has 0 radical (unpaired) electrons. The second-order valence-electron chi connectivity index (χ2n) is 8.21. The van der Waals surface area contributed by atoms with Crippen molar-refractivity contribution in [2.45, 2.75) is 57.0 Å². The Bertz CT molecular complexity index is 785. The van der Waals surface area contributed by atoms with Gasteiger partial charge in [0.15, 0.2) is 0 Å². The van der Waals surface area contributed by atoms with Crippen LogP contribution in [0.3, 0.4) is 0 Å². The summed E-state index contributed by atoms with van der Waals surface area (Å²) in [5.74, 6) is -0.472. The molecule has 6 heteroatoms. The van der Waals surface area contributed by atoms with E-state index in [1.165, 1.54) is 11.1 Å². The molecule has 0 amide bonds. The van der Waals surface area contributed by atoms with E-state index in [1.807, 2.05) is 43.3 Å². The minimum atomic E-state index is -0.798. The highest BCUT2D eigenvalue weighted by atomic mass is 16.6. The Kier molecular flexibility index (Phi) is 10.2. The molecule has 0 bridgehead atoms. The molecular formula is C26H35NO5. The third-order valence-electron chi connectivity index (χ3n) is 5.56. The summed E-state index contributed by atoms with van der Waals surface area (Å²) in [5.41, 5.74) is 8.41. The summed E-state index contributed by atoms with van der Waals surface area (Å²) in [6.07, 6.45) is 2.37. The van der Waals surface area contributed by atoms with Crippen molar-refractivity contribution in [2.75, 3.05) is 26.4 Å². The first-order valence-corrected chi connectivity index (χ1v) is 11.5. The second-order valence-corrected chi connectivity index (χ2v) is 8.21. The van der Waals surface area contributed by atoms with Gasteiger partial charge in [-0.25, -0.2) is 0 Å². The largest absolute Gasteiger partial charge is 0.459 e. The second kappa shape index (κ2) is 13.3. The van der Waals surface area contributed by atoms with Crippen molar-refractivity contribution in [2.24, 2.45) is 5.73 Å². The number of aryl methyl sites for hydroxylation is 2. The average Bonchev–Trinajstić information content (AvgIpc) is 2.86. The molecule has 0 aromatic heterocycles. The molecule has 2 N–H and O–H groups in total. The number of carbonyl (C=O) groups is 1. The third kappa shape index (κ3) is 8.02. The number of hydrogen-bond acceptors (Lipinski definition) is 6. The maximum absolute atomic E-state index is 12.2. The van der Waals surface area contributed by atoms with E-state index in [4.69, 9.17) is 24.7 Å². The lowest BCUT2D eigenvalue weighted by Gasteiger charge is -2.30. The van der Waals surface area contributed by atoms with Gasteiger partial charge in [0.05, 0.1) is 13.2 Å². The Balaban J connectivity index is 1.54. The van der Waals surface area contributed by atoms with Gasteiger partial charge < -0.3 is 24.7 Å². The van der Waals surface area contributed by atoms with Crippen LogP contribution in [-0.4, -0.2) is 56.8 Å². The molecule has 0 unspecified atom stereocenters. The van der Waals surface area contributed by atoms with Gasteiger partial charge in [-0.15, -0.1) is 0 Å². The van der Waals surface area contributed by atoms with Crippen LogP contribution in [0.25, 0.3) is 0 Å². The van der Waals surface area contributed by atoms with E-state index in [-0.39, 0.29) is 12.7 Å². The Morgan fingerprint density at radius 2 is 1.44 bits per heavy atom. The molecule has 2 aromatic carbocycles. The Labute approximate surface area is 191 Å². The number of hydrogen-bond donors (Lipinski definition) is 1. The van der Waals surface area contributed by atoms with Crippen LogP contribution < -0.4 is 5.73 Å². The first kappa shape index (κ1) is 24.4. The fraction of sp³-hybridized carbons (Fsp3) is 0.500. The fourth-order valence-electron chi connectivity index (χ4n) is 3.80. The average molecular weight is 442 g/mol. The molecule has 1 heterocycles. The van der Waals surface area contributed by atoms with Crippen LogP contribution in [-0.2, 0) is 36.6 Å². The van der Waals surface area contributed by atoms with Crippen LogP contribution >= 0.6 is 0 Å². The molecule has 0 spiro atoms. The fourth-order valence-corrected chi connectivity index (χ4v) is 3.80. The summed E-state index contributed by atoms with van der Waals surface area (Å²) in [5, 5.41) is 0. The SMILES string of the molecule is C[C@@H]1OC(=O)[C@@H](N)COC[C@H](OCCCc2ccccc2)[C@H]1OCCCc1ccccc1. The molecule has 4 atom stereocenters. The van der Waals surface area contributed by atoms with Crippen LogP contribution in [0, 0.1) is 0 Å². The maximum Gasteiger partial charge on any atom is 0.325 e. The molecule has 0 saturated carbocycles. The first-order chi connectivity index (χ1) is 15.6. The van der Waals surface area contributed by atoms with Crippen LogP contribution in [0.5, 0.6) is 0 Å². The van der Waals surface area contributed by atoms with Gasteiger partial charge in [0.1, 0.15) is 24.4 Å². The summed E-state index contributed by atoms with van der Waals surface area (Å²) in [6, 6.07) is 19.8. The van der Waals surface area contributed by atoms with Crippen molar-refractivity contribution in [3.05, 3.63) is 71.8 Å². The minimum Gasteiger partial charge on any atom is -0.459 e. The summed E-state index contributed by atoms with van der Waals surface area (Å²) in [7, 11) is 0. The lowest BCUT2D eigenvalue weighted by molar-refractivity contribution is -0.167. The number of nitrogens with two attached hydrogens (primary N) is 1. The van der Waals surface area contributed by atoms with Gasteiger partial charge in [0.2, 0.25) is 0 Å². The van der Waals surface area contributed by atoms with E-state index in [1.54, 1.807) is 0 Å². The van der Waals surface area contributed by atoms with E-state index in [2.05, 4.69) is 24.3 Å². The quantitative estimate of drug-likeness (QED) is 0.450. The predicted molar refractivity (Wildman–Crippen MR) is 123 cm³/mol. The Morgan fingerprint density at radius 3 is 2.03 bits per heavy atom. The van der Waals surface area contributed by atoms with Gasteiger partial charge >= 0.3 is 5.97 Å². The molecule has 1 aliphatic heterocycles. The van der Waals surface area contributed by atoms with Gasteiger partial charge in [0, 0.05) is 13.2 Å². The van der Waals surface area contributed by atoms with Crippen LogP contribution in [0.15, 0.2) is 60.7 Å². The zero-order valence-electron chi connectivity index (χ0n) is 18.9. The molecule has 0 aliphatic carbocycles. The molecule has 1 fully saturated rings. The number of carbonyl (C=O) groups excluding carboxylic acids is 1. The van der Waals surface area contributed by atoms with Crippen molar-refractivity contribution < 1.29 is 23.7 Å². The third-order valence-corrected chi connectivity index (χ3v) is 5.56. The molecule has 6 nitrogen and oxygen atoms in total. The smallest absolute Gasteiger partial charge is 0.325 e. The topological polar surface area (TPSA) is 80.0 Å². The van der Waals surface area contributed by atoms with Crippen molar-refractivity contribution >= 4 is 5.97 Å². The molecule has 174 valence electrons. The van der Waals surface area contributed by atoms with E-state index in [0.717, 1.165) is 25.7 Å². The van der Waals surface area contributed by atoms with Gasteiger partial charge in [0.25, 0.3) is 0 Å². The molecular weight excluding hydrogens is 406 g/mol. The van der Waals surface area contributed by atoms with Gasteiger partial charge in [-0.3, -0.25) is 4.79 Å². The van der Waals surface area contributed by atoms with Crippen LogP contribution in [0.1, 0.15) is 30.9 Å². The Morgan fingerprint density at radius 1 is 0.875 bits per heavy atom. The van der Waals surface area contributed by atoms with Crippen LogP contribution in [0.2, 0.25) is 0 Å². The van der Waals surface area contributed by atoms with Crippen molar-refractivity contribution in [1.82, 2.24) is 0 Å². The zero-order chi connectivity index (χ0) is 22.6. The summed E-state index contributed by atoms with van der Waals surface area (Å²) in [4.78, 5) is 12.2. The van der Waals surface area contributed by atoms with E-state index in [9.17, 15) is 4.79 Å². The number of benzene rings is 2. The van der Waals surface area contributed by atoms with Gasteiger partial charge in [-0.2, -0.15) is 0 Å². The molecule has 32 heavy (non-hydrogen) atoms. The van der Waals surface area contributed by atoms with E-state index in [0.29, 0.717) is 19.8 Å². The van der Waals surface area contributed by atoms with Crippen molar-refractivity contribution in [3.8, 4) is 0 Å². The lowest BCUT2D eigenvalue weighted by Crippen LogP contribution is -2.45. The number of esters is 1. The highest BCUT2D eigenvalue weighted by Crippen LogP contribution is 2.17. The van der Waals surface area contributed by atoms with Crippen molar-refractivity contribution in [1.29, 1.82) is 0 Å². The molecule has 3 rings (SSSR count). The monoisotopic (exact) mass is 441 g/mol. The standard InChI is InChI=1S/C26H35NO5/c1-20-25(31-17-9-15-22-12-6-3-7-13-22)24(19-29-18-23(27)26(28)32-20)30-16-8-14-21-10-4-2-5-11-21/h2-7,10-13,20,23-25H,8-9,14-19,27H2,1H3/t20-,23-,24-,25-/m0/s1. The maximum atomic E-state index is 12.2. The normalized spacial score (nSPS) is 24.2. The lowest BCUT2D eigenvalue weighted by atomic mass is 10.1. The van der Waals surface area contributed by atoms with Crippen molar-refractivity contribution in [3.63, 3.8) is 0 Å². The van der Waals surface area contributed by atoms with Gasteiger partial charge in [-0.05, 0) is 43.7 Å². The first-order valence-electron chi connectivity index (χ1n) is 11.5. The molecule has 2 aromatic rings. The molecule has 1 aliphatic rings. The Hall–Kier alpha value is -2.25. The van der Waals surface area contributed by atoms with Crippen LogP contribution in [0.4, 0.5) is 0 Å². The number of ether oxygens (including phenoxy) is 4. The van der Waals surface area contributed by atoms with Gasteiger partial charge in [-0.1, -0.05) is 60.7 Å². The number of cyclic esters (lactones) is 1. The highest BCUT2D eigenvalue weighted by molar-refractivity contribution is 5.75. The van der Waals surface area contributed by atoms with E-state index >= 15 is 0 Å². The molecule has 1 saturated heterocycles. The predicted octanol–water partition coefficient (Wildman–Crippen LogP) is 3.31. The summed E-state index contributed by atoms with van der Waals surface area (Å²) in [6.45, 7) is 3.36. The summed E-state index contributed by atoms with van der Waals surface area (Å²) < 4.78 is 23.6. The minimum absolute atomic E-state index is 0.107. The highest BCUT2D eigenvalue weighted by Gasteiger charge is 2.34. The zero-order valence-corrected chi connectivity index (χ0v) is 18.9. The summed E-state index contributed by atoms with van der Waals surface area (Å²) >= 11 is 0. The van der Waals surface area contributed by atoms with E-state index < -0.39 is 24.2 Å².